The standard InChI is InChI=1S/C16H26O2/c1-2-15(17)18-16-11-5-3-8-14(10-7-13-16)9-4-6-12-16/h2,14H,1,3-13H2. The molecule has 2 rings (SSSR count). The lowest BCUT2D eigenvalue weighted by atomic mass is 9.86. The average molecular weight is 250 g/mol. The van der Waals surface area contributed by atoms with E-state index < -0.39 is 0 Å². The summed E-state index contributed by atoms with van der Waals surface area (Å²) >= 11 is 0. The Hall–Kier alpha value is -0.790. The average Bonchev–Trinajstić information content (AvgIpc) is 2.53. The van der Waals surface area contributed by atoms with E-state index in [9.17, 15) is 4.79 Å². The number of hydrogen-bond donors (Lipinski definition) is 0. The minimum absolute atomic E-state index is 0.176. The quantitative estimate of drug-likeness (QED) is 0.536. The van der Waals surface area contributed by atoms with Crippen molar-refractivity contribution in [3.63, 3.8) is 0 Å². The molecule has 2 heteroatoms. The summed E-state index contributed by atoms with van der Waals surface area (Å²) in [4.78, 5) is 11.6. The van der Waals surface area contributed by atoms with Crippen molar-refractivity contribution in [2.24, 2.45) is 5.92 Å². The van der Waals surface area contributed by atoms with Gasteiger partial charge in [-0.1, -0.05) is 38.7 Å². The molecule has 2 bridgehead atoms. The third kappa shape index (κ3) is 3.60. The molecule has 0 aromatic rings. The molecule has 0 aliphatic heterocycles. The molecule has 2 nitrogen and oxygen atoms in total. The largest absolute Gasteiger partial charge is 0.456 e. The van der Waals surface area contributed by atoms with Crippen molar-refractivity contribution in [3.05, 3.63) is 12.7 Å². The minimum atomic E-state index is -0.231. The van der Waals surface area contributed by atoms with E-state index in [1.54, 1.807) is 0 Å². The van der Waals surface area contributed by atoms with Crippen LogP contribution in [0.25, 0.3) is 0 Å². The van der Waals surface area contributed by atoms with Crippen LogP contribution in [-0.2, 0) is 9.53 Å². The normalized spacial score (nSPS) is 33.4. The minimum Gasteiger partial charge on any atom is -0.456 e. The second kappa shape index (κ2) is 6.40. The highest BCUT2D eigenvalue weighted by Gasteiger charge is 2.34. The van der Waals surface area contributed by atoms with Crippen LogP contribution in [0.2, 0.25) is 0 Å². The van der Waals surface area contributed by atoms with Crippen LogP contribution >= 0.6 is 0 Å². The SMILES string of the molecule is C=CC(=O)OC12CCCCC(CCCC1)CCC2. The van der Waals surface area contributed by atoms with Gasteiger partial charge in [0, 0.05) is 6.08 Å². The Labute approximate surface area is 111 Å². The van der Waals surface area contributed by atoms with E-state index in [0.717, 1.165) is 25.2 Å². The molecule has 0 saturated heterocycles. The topological polar surface area (TPSA) is 26.3 Å². The Morgan fingerprint density at radius 3 is 2.17 bits per heavy atom. The molecule has 0 spiro atoms. The lowest BCUT2D eigenvalue weighted by Crippen LogP contribution is -2.34. The molecule has 18 heavy (non-hydrogen) atoms. The molecule has 2 fully saturated rings. The summed E-state index contributed by atoms with van der Waals surface area (Å²) in [6, 6.07) is 0. The molecule has 0 heterocycles. The van der Waals surface area contributed by atoms with Crippen molar-refractivity contribution in [1.29, 1.82) is 0 Å². The van der Waals surface area contributed by atoms with Crippen LogP contribution in [0, 0.1) is 5.92 Å². The first-order chi connectivity index (χ1) is 8.74. The number of carbonyl (C=O) groups is 1. The van der Waals surface area contributed by atoms with Gasteiger partial charge in [0.2, 0.25) is 0 Å². The van der Waals surface area contributed by atoms with Gasteiger partial charge in [0.1, 0.15) is 5.60 Å². The first-order valence-electron chi connectivity index (χ1n) is 7.59. The van der Waals surface area contributed by atoms with Crippen molar-refractivity contribution in [2.75, 3.05) is 0 Å². The van der Waals surface area contributed by atoms with Crippen LogP contribution in [0.4, 0.5) is 0 Å². The number of esters is 1. The van der Waals surface area contributed by atoms with Gasteiger partial charge in [-0.25, -0.2) is 4.79 Å². The van der Waals surface area contributed by atoms with Gasteiger partial charge in [-0.05, 0) is 44.4 Å². The zero-order valence-corrected chi connectivity index (χ0v) is 11.5. The van der Waals surface area contributed by atoms with E-state index in [0.29, 0.717) is 0 Å². The maximum absolute atomic E-state index is 11.6. The third-order valence-electron chi connectivity index (χ3n) is 4.72. The molecular weight excluding hydrogens is 224 g/mol. The first kappa shape index (κ1) is 13.6. The molecule has 0 radical (unpaired) electrons. The summed E-state index contributed by atoms with van der Waals surface area (Å²) in [6.07, 6.45) is 14.8. The number of carbonyl (C=O) groups excluding carboxylic acids is 1. The highest BCUT2D eigenvalue weighted by Crippen LogP contribution is 2.38. The molecular formula is C16H26O2. The number of rotatable bonds is 2. The molecule has 0 aromatic carbocycles. The fraction of sp³-hybridized carbons (Fsp3) is 0.812. The predicted octanol–water partition coefficient (Wildman–Crippen LogP) is 4.39. The first-order valence-corrected chi connectivity index (χ1v) is 7.59. The molecule has 102 valence electrons. The molecule has 2 saturated carbocycles. The summed E-state index contributed by atoms with van der Waals surface area (Å²) in [6.45, 7) is 3.53. The molecule has 2 aliphatic rings. The number of hydrogen-bond acceptors (Lipinski definition) is 2. The molecule has 2 aliphatic carbocycles. The maximum Gasteiger partial charge on any atom is 0.330 e. The number of fused-ring (bicyclic) bond motifs is 4. The fourth-order valence-corrected chi connectivity index (χ4v) is 3.69. The van der Waals surface area contributed by atoms with Gasteiger partial charge in [-0.3, -0.25) is 0 Å². The van der Waals surface area contributed by atoms with E-state index in [1.807, 2.05) is 0 Å². The Balaban J connectivity index is 2.11. The smallest absolute Gasteiger partial charge is 0.330 e. The Morgan fingerprint density at radius 2 is 1.56 bits per heavy atom. The second-order valence-corrected chi connectivity index (χ2v) is 6.06. The van der Waals surface area contributed by atoms with Gasteiger partial charge >= 0.3 is 5.97 Å². The van der Waals surface area contributed by atoms with Gasteiger partial charge < -0.3 is 4.74 Å². The van der Waals surface area contributed by atoms with Crippen LogP contribution in [0.5, 0.6) is 0 Å². The van der Waals surface area contributed by atoms with Crippen molar-refractivity contribution in [2.45, 2.75) is 76.2 Å². The van der Waals surface area contributed by atoms with Crippen LogP contribution in [-0.4, -0.2) is 11.6 Å². The van der Waals surface area contributed by atoms with Gasteiger partial charge in [-0.15, -0.1) is 0 Å². The highest BCUT2D eigenvalue weighted by atomic mass is 16.6. The van der Waals surface area contributed by atoms with E-state index >= 15 is 0 Å². The van der Waals surface area contributed by atoms with Gasteiger partial charge in [0.15, 0.2) is 0 Å². The molecule has 0 amide bonds. The van der Waals surface area contributed by atoms with Crippen LogP contribution in [0.15, 0.2) is 12.7 Å². The van der Waals surface area contributed by atoms with Gasteiger partial charge in [0.05, 0.1) is 0 Å². The van der Waals surface area contributed by atoms with E-state index in [4.69, 9.17) is 4.74 Å². The molecule has 0 atom stereocenters. The Bertz CT molecular complexity index is 283. The zero-order chi connectivity index (χ0) is 12.8. The van der Waals surface area contributed by atoms with Crippen molar-refractivity contribution in [3.8, 4) is 0 Å². The van der Waals surface area contributed by atoms with Crippen molar-refractivity contribution >= 4 is 5.97 Å². The monoisotopic (exact) mass is 250 g/mol. The molecule has 0 unspecified atom stereocenters. The van der Waals surface area contributed by atoms with Gasteiger partial charge in [-0.2, -0.15) is 0 Å². The summed E-state index contributed by atoms with van der Waals surface area (Å²) < 4.78 is 5.78. The van der Waals surface area contributed by atoms with Crippen LogP contribution < -0.4 is 0 Å². The van der Waals surface area contributed by atoms with E-state index in [2.05, 4.69) is 6.58 Å². The summed E-state index contributed by atoms with van der Waals surface area (Å²) in [5, 5.41) is 0. The Morgan fingerprint density at radius 1 is 1.00 bits per heavy atom. The summed E-state index contributed by atoms with van der Waals surface area (Å²) in [7, 11) is 0. The van der Waals surface area contributed by atoms with E-state index in [-0.39, 0.29) is 11.6 Å². The Kier molecular flexibility index (Phi) is 4.85. The lowest BCUT2D eigenvalue weighted by Gasteiger charge is -2.33. The van der Waals surface area contributed by atoms with Crippen molar-refractivity contribution in [1.82, 2.24) is 0 Å². The van der Waals surface area contributed by atoms with E-state index in [1.165, 1.54) is 57.4 Å². The summed E-state index contributed by atoms with van der Waals surface area (Å²) in [5.74, 6) is 0.694. The molecule has 0 aromatic heterocycles. The van der Waals surface area contributed by atoms with Crippen LogP contribution in [0.1, 0.15) is 70.6 Å². The second-order valence-electron chi connectivity index (χ2n) is 6.06. The lowest BCUT2D eigenvalue weighted by molar-refractivity contribution is -0.156. The van der Waals surface area contributed by atoms with Crippen molar-refractivity contribution < 1.29 is 9.53 Å². The van der Waals surface area contributed by atoms with Crippen LogP contribution in [0.3, 0.4) is 0 Å². The fourth-order valence-electron chi connectivity index (χ4n) is 3.69. The predicted molar refractivity (Wildman–Crippen MR) is 73.3 cm³/mol. The highest BCUT2D eigenvalue weighted by molar-refractivity contribution is 5.81. The third-order valence-corrected chi connectivity index (χ3v) is 4.72. The van der Waals surface area contributed by atoms with Gasteiger partial charge in [0.25, 0.3) is 0 Å². The number of ether oxygens (including phenoxy) is 1. The molecule has 0 N–H and O–H groups in total. The zero-order valence-electron chi connectivity index (χ0n) is 11.5. The summed E-state index contributed by atoms with van der Waals surface area (Å²) in [5.41, 5.74) is -0.176. The maximum atomic E-state index is 11.6.